The molecule has 0 radical (unpaired) electrons. The van der Waals surface area contributed by atoms with Crippen molar-refractivity contribution in [2.45, 2.75) is 19.0 Å². The number of rotatable bonds is 6. The lowest BCUT2D eigenvalue weighted by Crippen LogP contribution is -2.48. The number of aromatic nitrogens is 2. The lowest BCUT2D eigenvalue weighted by molar-refractivity contribution is 0.177. The minimum Gasteiger partial charge on any atom is -0.396 e. The molecule has 0 aromatic carbocycles. The molecular formula is C13H22N4O3S. The van der Waals surface area contributed by atoms with Crippen LogP contribution in [-0.4, -0.2) is 70.2 Å². The molecule has 0 bridgehead atoms. The van der Waals surface area contributed by atoms with Crippen LogP contribution in [0, 0.1) is 0 Å². The molecular weight excluding hydrogens is 292 g/mol. The van der Waals surface area contributed by atoms with Crippen LogP contribution in [0.15, 0.2) is 12.3 Å². The van der Waals surface area contributed by atoms with E-state index in [1.165, 1.54) is 0 Å². The molecule has 2 N–H and O–H groups in total. The molecule has 118 valence electrons. The highest BCUT2D eigenvalue weighted by atomic mass is 32.2. The number of aliphatic hydroxyl groups excluding tert-OH is 1. The Kier molecular flexibility index (Phi) is 6.34. The summed E-state index contributed by atoms with van der Waals surface area (Å²) in [5, 5.41) is 16.2. The molecule has 1 atom stereocenters. The van der Waals surface area contributed by atoms with E-state index in [1.54, 1.807) is 22.8 Å². The first kappa shape index (κ1) is 16.1. The van der Waals surface area contributed by atoms with E-state index < -0.39 is 0 Å². The van der Waals surface area contributed by atoms with E-state index in [1.807, 2.05) is 18.0 Å². The number of ether oxygens (including phenoxy) is 1. The van der Waals surface area contributed by atoms with Gasteiger partial charge in [0, 0.05) is 50.1 Å². The summed E-state index contributed by atoms with van der Waals surface area (Å²) in [7, 11) is 1.64. The Labute approximate surface area is 128 Å². The van der Waals surface area contributed by atoms with E-state index in [0.717, 1.165) is 11.5 Å². The van der Waals surface area contributed by atoms with Gasteiger partial charge in [-0.05, 0) is 6.42 Å². The molecule has 2 amide bonds. The molecule has 2 heterocycles. The maximum atomic E-state index is 12.3. The Balaban J connectivity index is 1.91. The summed E-state index contributed by atoms with van der Waals surface area (Å²) >= 11 is 1.82. The fourth-order valence-electron chi connectivity index (χ4n) is 2.23. The highest BCUT2D eigenvalue weighted by Crippen LogP contribution is 2.19. The van der Waals surface area contributed by atoms with Crippen molar-refractivity contribution in [1.29, 1.82) is 0 Å². The Morgan fingerprint density at radius 3 is 3.29 bits per heavy atom. The zero-order valence-corrected chi connectivity index (χ0v) is 13.0. The second kappa shape index (κ2) is 8.26. The van der Waals surface area contributed by atoms with Crippen LogP contribution >= 0.6 is 11.8 Å². The molecule has 1 fully saturated rings. The number of anilines is 1. The van der Waals surface area contributed by atoms with E-state index in [2.05, 4.69) is 10.4 Å². The van der Waals surface area contributed by atoms with Crippen molar-refractivity contribution in [3.05, 3.63) is 12.3 Å². The first-order valence-corrected chi connectivity index (χ1v) is 8.18. The number of hydrogen-bond donors (Lipinski definition) is 2. The number of hydrogen-bond acceptors (Lipinski definition) is 5. The lowest BCUT2D eigenvalue weighted by atomic mass is 10.2. The Bertz CT molecular complexity index is 452. The van der Waals surface area contributed by atoms with Crippen molar-refractivity contribution in [3.63, 3.8) is 0 Å². The van der Waals surface area contributed by atoms with Crippen LogP contribution in [0.4, 0.5) is 10.6 Å². The van der Waals surface area contributed by atoms with Crippen LogP contribution in [0.25, 0.3) is 0 Å². The second-order valence-electron chi connectivity index (χ2n) is 4.82. The van der Waals surface area contributed by atoms with Crippen LogP contribution in [-0.2, 0) is 11.3 Å². The van der Waals surface area contributed by atoms with E-state index in [4.69, 9.17) is 9.84 Å². The molecule has 1 saturated heterocycles. The fourth-order valence-corrected chi connectivity index (χ4v) is 3.34. The number of amides is 2. The maximum absolute atomic E-state index is 12.3. The number of thioether (sulfide) groups is 1. The second-order valence-corrected chi connectivity index (χ2v) is 5.97. The third-order valence-corrected chi connectivity index (χ3v) is 4.44. The predicted molar refractivity (Wildman–Crippen MR) is 82.6 cm³/mol. The van der Waals surface area contributed by atoms with Crippen LogP contribution in [0.3, 0.4) is 0 Å². The van der Waals surface area contributed by atoms with Crippen molar-refractivity contribution < 1.29 is 14.6 Å². The zero-order chi connectivity index (χ0) is 15.1. The van der Waals surface area contributed by atoms with Crippen LogP contribution in [0.2, 0.25) is 0 Å². The van der Waals surface area contributed by atoms with Gasteiger partial charge in [-0.15, -0.1) is 0 Å². The topological polar surface area (TPSA) is 79.6 Å². The molecule has 1 aliphatic heterocycles. The maximum Gasteiger partial charge on any atom is 0.323 e. The number of urea groups is 1. The zero-order valence-electron chi connectivity index (χ0n) is 12.2. The minimum absolute atomic E-state index is 0.0873. The lowest BCUT2D eigenvalue weighted by Gasteiger charge is -2.34. The number of carbonyl (C=O) groups is 1. The van der Waals surface area contributed by atoms with E-state index >= 15 is 0 Å². The van der Waals surface area contributed by atoms with Gasteiger partial charge in [-0.25, -0.2) is 4.79 Å². The normalized spacial score (nSPS) is 18.8. The summed E-state index contributed by atoms with van der Waals surface area (Å²) in [5.41, 5.74) is 0. The van der Waals surface area contributed by atoms with Gasteiger partial charge in [0.25, 0.3) is 0 Å². The molecule has 7 nitrogen and oxygen atoms in total. The Hall–Kier alpha value is -1.25. The number of carbonyl (C=O) groups excluding carboxylic acids is 1. The Morgan fingerprint density at radius 1 is 1.67 bits per heavy atom. The van der Waals surface area contributed by atoms with Gasteiger partial charge in [0.1, 0.15) is 0 Å². The standard InChI is InChI=1S/C13H22N4O3S/c1-20-8-5-16-4-2-12(15-16)14-13(19)17-6-9-21-10-11(17)3-7-18/h2,4,11,18H,3,5-10H2,1H3,(H,14,15,19). The number of methoxy groups -OCH3 is 1. The van der Waals surface area contributed by atoms with Crippen molar-refractivity contribution in [2.75, 3.05) is 43.7 Å². The van der Waals surface area contributed by atoms with Crippen LogP contribution < -0.4 is 5.32 Å². The summed E-state index contributed by atoms with van der Waals surface area (Å²) in [6.45, 7) is 2.03. The van der Waals surface area contributed by atoms with E-state index in [9.17, 15) is 4.79 Å². The summed E-state index contributed by atoms with van der Waals surface area (Å²) < 4.78 is 6.72. The molecule has 1 aliphatic rings. The van der Waals surface area contributed by atoms with Gasteiger partial charge in [0.05, 0.1) is 13.2 Å². The van der Waals surface area contributed by atoms with Crippen LogP contribution in [0.1, 0.15) is 6.42 Å². The highest BCUT2D eigenvalue weighted by Gasteiger charge is 2.26. The predicted octanol–water partition coefficient (Wildman–Crippen LogP) is 0.861. The van der Waals surface area contributed by atoms with E-state index in [-0.39, 0.29) is 18.7 Å². The van der Waals surface area contributed by atoms with Crippen molar-refractivity contribution >= 4 is 23.6 Å². The first-order chi connectivity index (χ1) is 10.2. The monoisotopic (exact) mass is 314 g/mol. The van der Waals surface area contributed by atoms with Gasteiger partial charge in [-0.3, -0.25) is 10.00 Å². The molecule has 1 aromatic rings. The Morgan fingerprint density at radius 2 is 2.52 bits per heavy atom. The third-order valence-electron chi connectivity index (χ3n) is 3.35. The number of nitrogens with zero attached hydrogens (tertiary/aromatic N) is 3. The van der Waals surface area contributed by atoms with Gasteiger partial charge in [-0.1, -0.05) is 0 Å². The molecule has 1 unspecified atom stereocenters. The van der Waals surface area contributed by atoms with E-state index in [0.29, 0.717) is 31.9 Å². The van der Waals surface area contributed by atoms with Crippen molar-refractivity contribution in [3.8, 4) is 0 Å². The molecule has 8 heteroatoms. The molecule has 21 heavy (non-hydrogen) atoms. The summed E-state index contributed by atoms with van der Waals surface area (Å²) in [4.78, 5) is 14.1. The highest BCUT2D eigenvalue weighted by molar-refractivity contribution is 7.99. The van der Waals surface area contributed by atoms with Crippen molar-refractivity contribution in [1.82, 2.24) is 14.7 Å². The fraction of sp³-hybridized carbons (Fsp3) is 0.692. The SMILES string of the molecule is COCCn1ccc(NC(=O)N2CCSCC2CCO)n1. The average molecular weight is 314 g/mol. The van der Waals surface area contributed by atoms with Crippen LogP contribution in [0.5, 0.6) is 0 Å². The molecule has 0 saturated carbocycles. The smallest absolute Gasteiger partial charge is 0.323 e. The number of aliphatic hydroxyl groups is 1. The third kappa shape index (κ3) is 4.62. The van der Waals surface area contributed by atoms with Gasteiger partial charge >= 0.3 is 6.03 Å². The molecule has 2 rings (SSSR count). The quantitative estimate of drug-likeness (QED) is 0.814. The molecule has 1 aromatic heterocycles. The van der Waals surface area contributed by atoms with Gasteiger partial charge in [-0.2, -0.15) is 16.9 Å². The summed E-state index contributed by atoms with van der Waals surface area (Å²) in [6.07, 6.45) is 2.43. The van der Waals surface area contributed by atoms with Crippen molar-refractivity contribution in [2.24, 2.45) is 0 Å². The largest absolute Gasteiger partial charge is 0.396 e. The first-order valence-electron chi connectivity index (χ1n) is 7.03. The minimum atomic E-state index is -0.147. The number of nitrogens with one attached hydrogen (secondary N) is 1. The molecule has 0 aliphatic carbocycles. The average Bonchev–Trinajstić information content (AvgIpc) is 2.93. The van der Waals surface area contributed by atoms with Gasteiger partial charge in [0.15, 0.2) is 5.82 Å². The summed E-state index contributed by atoms with van der Waals surface area (Å²) in [6, 6.07) is 1.71. The molecule has 0 spiro atoms. The summed E-state index contributed by atoms with van der Waals surface area (Å²) in [5.74, 6) is 2.34. The van der Waals surface area contributed by atoms with Gasteiger partial charge < -0.3 is 14.7 Å². The van der Waals surface area contributed by atoms with Gasteiger partial charge in [0.2, 0.25) is 0 Å².